The predicted octanol–water partition coefficient (Wildman–Crippen LogP) is 2.51. The van der Waals surface area contributed by atoms with E-state index >= 15 is 0 Å². The number of hydrogen-bond acceptors (Lipinski definition) is 4. The molecule has 5 nitrogen and oxygen atoms in total. The first-order valence-corrected chi connectivity index (χ1v) is 5.59. The van der Waals surface area contributed by atoms with Gasteiger partial charge in [-0.1, -0.05) is 20.3 Å². The van der Waals surface area contributed by atoms with Crippen molar-refractivity contribution in [1.82, 2.24) is 0 Å². The van der Waals surface area contributed by atoms with Gasteiger partial charge >= 0.3 is 5.69 Å². The van der Waals surface area contributed by atoms with Crippen molar-refractivity contribution >= 4 is 5.69 Å². The summed E-state index contributed by atoms with van der Waals surface area (Å²) in [6, 6.07) is 4.40. The van der Waals surface area contributed by atoms with Gasteiger partial charge in [0, 0.05) is 6.07 Å². The molecule has 1 N–H and O–H groups in total. The van der Waals surface area contributed by atoms with Crippen molar-refractivity contribution in [3.05, 3.63) is 33.9 Å². The van der Waals surface area contributed by atoms with Gasteiger partial charge in [-0.25, -0.2) is 0 Å². The molecular weight excluding hydrogens is 222 g/mol. The van der Waals surface area contributed by atoms with E-state index in [-0.39, 0.29) is 18.0 Å². The number of aliphatic hydroxyl groups is 1. The van der Waals surface area contributed by atoms with Gasteiger partial charge in [0.15, 0.2) is 5.75 Å². The highest BCUT2D eigenvalue weighted by Gasteiger charge is 2.16. The summed E-state index contributed by atoms with van der Waals surface area (Å²) in [6.45, 7) is 4.33. The normalized spacial score (nSPS) is 12.2. The molecule has 1 unspecified atom stereocenters. The molecule has 0 bridgehead atoms. The number of nitrogens with zero attached hydrogens (tertiary/aromatic N) is 1. The molecule has 17 heavy (non-hydrogen) atoms. The van der Waals surface area contributed by atoms with Crippen molar-refractivity contribution in [3.8, 4) is 5.75 Å². The molecule has 1 atom stereocenters. The number of nitro benzene ring substituents is 1. The maximum absolute atomic E-state index is 10.8. The topological polar surface area (TPSA) is 72.6 Å². The highest BCUT2D eigenvalue weighted by atomic mass is 16.6. The van der Waals surface area contributed by atoms with Crippen molar-refractivity contribution in [2.75, 3.05) is 6.61 Å². The summed E-state index contributed by atoms with van der Waals surface area (Å²) in [6.07, 6.45) is 0.952. The molecule has 0 aromatic heterocycles. The Bertz CT molecular complexity index is 392. The monoisotopic (exact) mass is 239 g/mol. The summed E-state index contributed by atoms with van der Waals surface area (Å²) in [5.41, 5.74) is 0.542. The van der Waals surface area contributed by atoms with Gasteiger partial charge in [0.05, 0.1) is 18.1 Å². The zero-order chi connectivity index (χ0) is 12.8. The van der Waals surface area contributed by atoms with Gasteiger partial charge < -0.3 is 9.84 Å². The van der Waals surface area contributed by atoms with E-state index in [1.165, 1.54) is 18.2 Å². The van der Waals surface area contributed by atoms with Crippen LogP contribution in [0.1, 0.15) is 25.8 Å². The first-order valence-electron chi connectivity index (χ1n) is 5.59. The van der Waals surface area contributed by atoms with Gasteiger partial charge in [0.1, 0.15) is 0 Å². The minimum Gasteiger partial charge on any atom is -0.487 e. The van der Waals surface area contributed by atoms with Gasteiger partial charge in [-0.15, -0.1) is 0 Å². The molecular formula is C12H17NO4. The largest absolute Gasteiger partial charge is 0.487 e. The second-order valence-corrected chi connectivity index (χ2v) is 4.04. The first kappa shape index (κ1) is 13.4. The van der Waals surface area contributed by atoms with E-state index in [1.54, 1.807) is 0 Å². The first-order chi connectivity index (χ1) is 8.08. The molecule has 0 radical (unpaired) electrons. The highest BCUT2D eigenvalue weighted by Crippen LogP contribution is 2.28. The van der Waals surface area contributed by atoms with Crippen molar-refractivity contribution in [2.45, 2.75) is 26.9 Å². The molecule has 0 aliphatic rings. The lowest BCUT2D eigenvalue weighted by Crippen LogP contribution is -2.08. The van der Waals surface area contributed by atoms with Gasteiger partial charge in [-0.3, -0.25) is 10.1 Å². The number of aliphatic hydroxyl groups excluding tert-OH is 1. The molecule has 94 valence electrons. The van der Waals surface area contributed by atoms with Crippen LogP contribution in [0.15, 0.2) is 18.2 Å². The Labute approximate surface area is 100 Å². The molecule has 1 aromatic carbocycles. The fourth-order valence-electron chi connectivity index (χ4n) is 1.27. The Hall–Kier alpha value is -1.62. The molecule has 0 amide bonds. The molecule has 1 aromatic rings. The van der Waals surface area contributed by atoms with Gasteiger partial charge in [-0.2, -0.15) is 0 Å². The van der Waals surface area contributed by atoms with E-state index in [0.717, 1.165) is 6.42 Å². The molecule has 5 heteroatoms. The van der Waals surface area contributed by atoms with E-state index < -0.39 is 4.92 Å². The molecule has 0 spiro atoms. The van der Waals surface area contributed by atoms with Crippen molar-refractivity contribution in [3.63, 3.8) is 0 Å². The molecule has 0 saturated heterocycles. The second kappa shape index (κ2) is 6.20. The molecule has 0 saturated carbocycles. The van der Waals surface area contributed by atoms with Crippen LogP contribution in [-0.2, 0) is 6.61 Å². The van der Waals surface area contributed by atoms with Crippen LogP contribution >= 0.6 is 0 Å². The SMILES string of the molecule is CCC(C)COc1cc(CO)ccc1[N+](=O)[O-]. The fourth-order valence-corrected chi connectivity index (χ4v) is 1.27. The summed E-state index contributed by atoms with van der Waals surface area (Å²) in [5, 5.41) is 19.8. The Morgan fingerprint density at radius 3 is 2.76 bits per heavy atom. The Balaban J connectivity index is 2.89. The summed E-state index contributed by atoms with van der Waals surface area (Å²) >= 11 is 0. The third-order valence-electron chi connectivity index (χ3n) is 2.62. The van der Waals surface area contributed by atoms with Gasteiger partial charge in [0.2, 0.25) is 0 Å². The highest BCUT2D eigenvalue weighted by molar-refractivity contribution is 5.48. The lowest BCUT2D eigenvalue weighted by Gasteiger charge is -2.11. The number of hydrogen-bond donors (Lipinski definition) is 1. The number of ether oxygens (including phenoxy) is 1. The van der Waals surface area contributed by atoms with E-state index in [0.29, 0.717) is 18.1 Å². The molecule has 0 heterocycles. The van der Waals surface area contributed by atoms with E-state index in [1.807, 2.05) is 13.8 Å². The van der Waals surface area contributed by atoms with Crippen LogP contribution < -0.4 is 4.74 Å². The molecule has 0 fully saturated rings. The maximum Gasteiger partial charge on any atom is 0.310 e. The molecule has 0 aliphatic heterocycles. The van der Waals surface area contributed by atoms with E-state index in [2.05, 4.69) is 0 Å². The summed E-state index contributed by atoms with van der Waals surface area (Å²) in [4.78, 5) is 10.3. The lowest BCUT2D eigenvalue weighted by atomic mass is 10.1. The van der Waals surface area contributed by atoms with E-state index in [9.17, 15) is 10.1 Å². The Morgan fingerprint density at radius 2 is 2.24 bits per heavy atom. The van der Waals surface area contributed by atoms with Crippen LogP contribution in [0.5, 0.6) is 5.75 Å². The molecule has 0 aliphatic carbocycles. The van der Waals surface area contributed by atoms with Crippen LogP contribution in [0.3, 0.4) is 0 Å². The Kier molecular flexibility index (Phi) is 4.90. The van der Waals surface area contributed by atoms with Gasteiger partial charge in [-0.05, 0) is 23.6 Å². The number of benzene rings is 1. The van der Waals surface area contributed by atoms with Crippen molar-refractivity contribution in [2.24, 2.45) is 5.92 Å². The van der Waals surface area contributed by atoms with Crippen LogP contribution in [0.4, 0.5) is 5.69 Å². The summed E-state index contributed by atoms with van der Waals surface area (Å²) in [5.74, 6) is 0.564. The lowest BCUT2D eigenvalue weighted by molar-refractivity contribution is -0.385. The fraction of sp³-hybridized carbons (Fsp3) is 0.500. The average Bonchev–Trinajstić information content (AvgIpc) is 2.35. The number of rotatable bonds is 6. The zero-order valence-electron chi connectivity index (χ0n) is 10.0. The summed E-state index contributed by atoms with van der Waals surface area (Å²) in [7, 11) is 0. The maximum atomic E-state index is 10.8. The standard InChI is InChI=1S/C12H17NO4/c1-3-9(2)8-17-12-6-10(7-14)4-5-11(12)13(15)16/h4-6,9,14H,3,7-8H2,1-2H3. The van der Waals surface area contributed by atoms with E-state index in [4.69, 9.17) is 9.84 Å². The van der Waals surface area contributed by atoms with Crippen molar-refractivity contribution < 1.29 is 14.8 Å². The Morgan fingerprint density at radius 1 is 1.53 bits per heavy atom. The van der Waals surface area contributed by atoms with Crippen LogP contribution in [-0.4, -0.2) is 16.6 Å². The number of nitro groups is 1. The van der Waals surface area contributed by atoms with Crippen LogP contribution in [0, 0.1) is 16.0 Å². The van der Waals surface area contributed by atoms with Crippen LogP contribution in [0.2, 0.25) is 0 Å². The smallest absolute Gasteiger partial charge is 0.310 e. The third kappa shape index (κ3) is 3.71. The second-order valence-electron chi connectivity index (χ2n) is 4.04. The quantitative estimate of drug-likeness (QED) is 0.611. The average molecular weight is 239 g/mol. The minimum absolute atomic E-state index is 0.0643. The van der Waals surface area contributed by atoms with Gasteiger partial charge in [0.25, 0.3) is 0 Å². The van der Waals surface area contributed by atoms with Crippen LogP contribution in [0.25, 0.3) is 0 Å². The molecule has 1 rings (SSSR count). The minimum atomic E-state index is -0.479. The summed E-state index contributed by atoms with van der Waals surface area (Å²) < 4.78 is 5.44. The third-order valence-corrected chi connectivity index (χ3v) is 2.62. The van der Waals surface area contributed by atoms with Crippen molar-refractivity contribution in [1.29, 1.82) is 0 Å². The zero-order valence-corrected chi connectivity index (χ0v) is 10.0. The predicted molar refractivity (Wildman–Crippen MR) is 64.0 cm³/mol.